The van der Waals surface area contributed by atoms with Crippen molar-refractivity contribution in [2.24, 2.45) is 11.3 Å². The van der Waals surface area contributed by atoms with Crippen LogP contribution in [0.25, 0.3) is 0 Å². The van der Waals surface area contributed by atoms with Crippen LogP contribution in [-0.2, 0) is 9.59 Å². The van der Waals surface area contributed by atoms with Crippen LogP contribution in [0.2, 0.25) is 0 Å². The van der Waals surface area contributed by atoms with Gasteiger partial charge in [-0.2, -0.15) is 0 Å². The van der Waals surface area contributed by atoms with Crippen molar-refractivity contribution in [2.75, 3.05) is 19.7 Å². The van der Waals surface area contributed by atoms with Crippen molar-refractivity contribution in [3.63, 3.8) is 0 Å². The molecule has 5 nitrogen and oxygen atoms in total. The van der Waals surface area contributed by atoms with Crippen molar-refractivity contribution in [2.45, 2.75) is 31.6 Å². The van der Waals surface area contributed by atoms with E-state index >= 15 is 0 Å². The molecule has 1 saturated heterocycles. The number of carboxylic acid groups (broad SMARTS) is 1. The first-order chi connectivity index (χ1) is 11.1. The Kier molecular flexibility index (Phi) is 3.32. The third kappa shape index (κ3) is 2.38. The molecular weight excluding hydrogens is 294 g/mol. The van der Waals surface area contributed by atoms with Gasteiger partial charge in [0.15, 0.2) is 0 Å². The molecular formula is C18H21NO4. The summed E-state index contributed by atoms with van der Waals surface area (Å²) in [6.45, 7) is 1.94. The van der Waals surface area contributed by atoms with E-state index in [1.54, 1.807) is 0 Å². The van der Waals surface area contributed by atoms with Crippen LogP contribution >= 0.6 is 0 Å². The molecule has 2 atom stereocenters. The summed E-state index contributed by atoms with van der Waals surface area (Å²) < 4.78 is 5.64. The molecule has 122 valence electrons. The van der Waals surface area contributed by atoms with Gasteiger partial charge in [0.1, 0.15) is 5.75 Å². The molecule has 0 radical (unpaired) electrons. The van der Waals surface area contributed by atoms with E-state index in [-0.39, 0.29) is 23.2 Å². The highest BCUT2D eigenvalue weighted by Crippen LogP contribution is 2.59. The summed E-state index contributed by atoms with van der Waals surface area (Å²) in [5, 5.41) is 9.16. The van der Waals surface area contributed by atoms with Crippen LogP contribution in [-0.4, -0.2) is 41.6 Å². The number of aliphatic carboxylic acids is 1. The number of carbonyl (C=O) groups excluding carboxylic acids is 1. The van der Waals surface area contributed by atoms with Crippen LogP contribution < -0.4 is 4.74 Å². The second-order valence-electron chi connectivity index (χ2n) is 7.01. The van der Waals surface area contributed by atoms with Gasteiger partial charge >= 0.3 is 5.97 Å². The van der Waals surface area contributed by atoms with Gasteiger partial charge in [-0.25, -0.2) is 0 Å². The lowest BCUT2D eigenvalue weighted by Crippen LogP contribution is -2.43. The van der Waals surface area contributed by atoms with E-state index in [1.807, 2.05) is 29.2 Å². The van der Waals surface area contributed by atoms with E-state index in [9.17, 15) is 9.59 Å². The third-order valence-electron chi connectivity index (χ3n) is 5.82. The molecule has 1 aliphatic carbocycles. The number of ether oxygens (including phenoxy) is 1. The summed E-state index contributed by atoms with van der Waals surface area (Å²) in [6.07, 6.45) is 3.14. The Bertz CT molecular complexity index is 648. The van der Waals surface area contributed by atoms with Crippen LogP contribution in [0.3, 0.4) is 0 Å². The minimum absolute atomic E-state index is 0.0316. The van der Waals surface area contributed by atoms with Crippen molar-refractivity contribution in [1.82, 2.24) is 4.90 Å². The number of benzene rings is 1. The first-order valence-corrected chi connectivity index (χ1v) is 8.34. The molecule has 2 unspecified atom stereocenters. The maximum Gasteiger partial charge on any atom is 0.307 e. The number of para-hydroxylation sites is 1. The molecule has 5 heteroatoms. The van der Waals surface area contributed by atoms with Crippen LogP contribution in [0.5, 0.6) is 5.75 Å². The number of amides is 1. The van der Waals surface area contributed by atoms with E-state index in [0.29, 0.717) is 19.7 Å². The van der Waals surface area contributed by atoms with E-state index < -0.39 is 5.97 Å². The second kappa shape index (κ2) is 5.25. The molecule has 23 heavy (non-hydrogen) atoms. The molecule has 1 aromatic carbocycles. The van der Waals surface area contributed by atoms with Gasteiger partial charge in [-0.3, -0.25) is 9.59 Å². The van der Waals surface area contributed by atoms with E-state index in [2.05, 4.69) is 0 Å². The second-order valence-corrected chi connectivity index (χ2v) is 7.01. The fourth-order valence-electron chi connectivity index (χ4n) is 4.24. The fourth-order valence-corrected chi connectivity index (χ4v) is 4.24. The Morgan fingerprint density at radius 3 is 2.65 bits per heavy atom. The Balaban J connectivity index is 1.45. The first-order valence-electron chi connectivity index (χ1n) is 8.34. The zero-order chi connectivity index (χ0) is 16.0. The summed E-state index contributed by atoms with van der Waals surface area (Å²) in [4.78, 5) is 26.0. The van der Waals surface area contributed by atoms with Crippen LogP contribution in [0, 0.1) is 11.3 Å². The molecule has 1 N–H and O–H groups in total. The normalized spacial score (nSPS) is 27.9. The number of hydrogen-bond acceptors (Lipinski definition) is 3. The van der Waals surface area contributed by atoms with Crippen LogP contribution in [0.15, 0.2) is 24.3 Å². The smallest absolute Gasteiger partial charge is 0.307 e. The highest BCUT2D eigenvalue weighted by molar-refractivity contribution is 5.85. The van der Waals surface area contributed by atoms with Crippen molar-refractivity contribution in [3.8, 4) is 5.75 Å². The number of carboxylic acids is 1. The lowest BCUT2D eigenvalue weighted by atomic mass is 9.87. The van der Waals surface area contributed by atoms with Crippen molar-refractivity contribution in [1.29, 1.82) is 0 Å². The number of rotatable bonds is 2. The predicted octanol–water partition coefficient (Wildman–Crippen LogP) is 2.27. The Morgan fingerprint density at radius 1 is 1.22 bits per heavy atom. The summed E-state index contributed by atoms with van der Waals surface area (Å²) >= 11 is 0. The zero-order valence-electron chi connectivity index (χ0n) is 13.0. The maximum atomic E-state index is 12.9. The number of fused-ring (bicyclic) bond motifs is 1. The lowest BCUT2D eigenvalue weighted by Gasteiger charge is -2.36. The predicted molar refractivity (Wildman–Crippen MR) is 83.3 cm³/mol. The number of nitrogens with zero attached hydrogens (tertiary/aromatic N) is 1. The van der Waals surface area contributed by atoms with Gasteiger partial charge < -0.3 is 14.7 Å². The number of hydrogen-bond donors (Lipinski definition) is 1. The first kappa shape index (κ1) is 14.5. The summed E-state index contributed by atoms with van der Waals surface area (Å²) in [7, 11) is 0. The fraction of sp³-hybridized carbons (Fsp3) is 0.556. The molecule has 2 fully saturated rings. The highest BCUT2D eigenvalue weighted by Gasteiger charge is 2.59. The highest BCUT2D eigenvalue weighted by atomic mass is 16.5. The van der Waals surface area contributed by atoms with E-state index in [0.717, 1.165) is 37.0 Å². The molecule has 2 aliphatic heterocycles. The molecule has 1 amide bonds. The molecule has 3 aliphatic rings. The van der Waals surface area contributed by atoms with Gasteiger partial charge in [0.05, 0.1) is 18.4 Å². The van der Waals surface area contributed by atoms with Crippen molar-refractivity contribution in [3.05, 3.63) is 29.8 Å². The Labute approximate surface area is 135 Å². The summed E-state index contributed by atoms with van der Waals surface area (Å²) in [5.74, 6) is -0.00277. The Morgan fingerprint density at radius 2 is 1.96 bits per heavy atom. The minimum Gasteiger partial charge on any atom is -0.493 e. The van der Waals surface area contributed by atoms with E-state index in [4.69, 9.17) is 9.84 Å². The topological polar surface area (TPSA) is 66.8 Å². The lowest BCUT2D eigenvalue weighted by molar-refractivity contribution is -0.140. The minimum atomic E-state index is -0.678. The largest absolute Gasteiger partial charge is 0.493 e. The van der Waals surface area contributed by atoms with Gasteiger partial charge in [-0.15, -0.1) is 0 Å². The van der Waals surface area contributed by atoms with Crippen LogP contribution in [0.4, 0.5) is 0 Å². The standard InChI is InChI=1S/C18H21NO4/c20-16(13-5-10-23-15-4-2-1-3-12(13)15)19-8-6-18(7-9-19)11-14(18)17(21)22/h1-4,13-14H,5-11H2,(H,21,22). The number of carbonyl (C=O) groups is 2. The molecule has 0 bridgehead atoms. The van der Waals surface area contributed by atoms with Gasteiger partial charge in [0.2, 0.25) is 5.91 Å². The molecule has 1 aromatic rings. The third-order valence-corrected chi connectivity index (χ3v) is 5.82. The van der Waals surface area contributed by atoms with Crippen molar-refractivity contribution >= 4 is 11.9 Å². The molecule has 0 aromatic heterocycles. The van der Waals surface area contributed by atoms with Gasteiger partial charge in [-0.1, -0.05) is 18.2 Å². The van der Waals surface area contributed by atoms with Crippen molar-refractivity contribution < 1.29 is 19.4 Å². The molecule has 4 rings (SSSR count). The monoisotopic (exact) mass is 315 g/mol. The van der Waals surface area contributed by atoms with Gasteiger partial charge in [0.25, 0.3) is 0 Å². The van der Waals surface area contributed by atoms with Crippen LogP contribution in [0.1, 0.15) is 37.2 Å². The molecule has 2 heterocycles. The van der Waals surface area contributed by atoms with E-state index in [1.165, 1.54) is 0 Å². The zero-order valence-corrected chi connectivity index (χ0v) is 13.0. The average Bonchev–Trinajstić information content (AvgIpc) is 3.28. The summed E-state index contributed by atoms with van der Waals surface area (Å²) in [6, 6.07) is 7.77. The Hall–Kier alpha value is -2.04. The average molecular weight is 315 g/mol. The van der Waals surface area contributed by atoms with Gasteiger partial charge in [0, 0.05) is 18.7 Å². The number of piperidine rings is 1. The number of likely N-dealkylation sites (tertiary alicyclic amines) is 1. The van der Waals surface area contributed by atoms with Gasteiger partial charge in [-0.05, 0) is 37.2 Å². The molecule has 1 spiro atoms. The summed E-state index contributed by atoms with van der Waals surface area (Å²) in [5.41, 5.74) is 0.954. The SMILES string of the molecule is O=C(O)C1CC12CCN(C(=O)C1CCOc3ccccc31)CC2. The maximum absolute atomic E-state index is 12.9. The molecule has 1 saturated carbocycles. The quantitative estimate of drug-likeness (QED) is 0.909.